The molecule has 1 rings (SSSR count). The summed E-state index contributed by atoms with van der Waals surface area (Å²) >= 11 is 0. The second-order valence-electron chi connectivity index (χ2n) is 3.32. The number of carbonyl (C=O) groups is 1. The second-order valence-corrected chi connectivity index (χ2v) is 3.32. The van der Waals surface area contributed by atoms with E-state index in [2.05, 4.69) is 5.32 Å². The predicted octanol–water partition coefficient (Wildman–Crippen LogP) is 0.953. The monoisotopic (exact) mass is 208 g/mol. The van der Waals surface area contributed by atoms with Crippen LogP contribution in [0, 0.1) is 6.92 Å². The Labute approximate surface area is 89.4 Å². The first-order valence-corrected chi connectivity index (χ1v) is 4.78. The molecule has 0 radical (unpaired) electrons. The van der Waals surface area contributed by atoms with E-state index in [9.17, 15) is 4.79 Å². The van der Waals surface area contributed by atoms with Crippen molar-refractivity contribution >= 4 is 11.6 Å². The number of ether oxygens (including phenoxy) is 1. The number of carbonyl (C=O) groups excluding carboxylic acids is 1. The zero-order chi connectivity index (χ0) is 11.3. The first-order valence-electron chi connectivity index (χ1n) is 4.78. The fourth-order valence-electron chi connectivity index (χ4n) is 1.30. The first kappa shape index (κ1) is 11.5. The average Bonchev–Trinajstić information content (AvgIpc) is 2.17. The molecule has 1 aromatic rings. The number of methoxy groups -OCH3 is 1. The normalized spacial score (nSPS) is 10.0. The summed E-state index contributed by atoms with van der Waals surface area (Å²) in [4.78, 5) is 11.6. The number of anilines is 1. The molecule has 0 fully saturated rings. The van der Waals surface area contributed by atoms with Gasteiger partial charge < -0.3 is 15.8 Å². The Morgan fingerprint density at radius 2 is 2.27 bits per heavy atom. The highest BCUT2D eigenvalue weighted by Gasteiger charge is 2.07. The van der Waals surface area contributed by atoms with E-state index in [1.54, 1.807) is 25.3 Å². The third-order valence-corrected chi connectivity index (χ3v) is 2.09. The number of nitrogens with one attached hydrogen (secondary N) is 1. The number of rotatable bonds is 4. The molecule has 0 saturated carbocycles. The number of nitrogens with two attached hydrogens (primary N) is 1. The van der Waals surface area contributed by atoms with Crippen LogP contribution in [0.25, 0.3) is 0 Å². The number of benzene rings is 1. The maximum atomic E-state index is 11.6. The van der Waals surface area contributed by atoms with Gasteiger partial charge >= 0.3 is 0 Å². The van der Waals surface area contributed by atoms with Crippen LogP contribution in [0.1, 0.15) is 15.9 Å². The summed E-state index contributed by atoms with van der Waals surface area (Å²) in [5.74, 6) is -0.0930. The van der Waals surface area contributed by atoms with Gasteiger partial charge in [-0.1, -0.05) is 0 Å². The minimum Gasteiger partial charge on any atom is -0.399 e. The van der Waals surface area contributed by atoms with E-state index in [0.29, 0.717) is 24.4 Å². The highest BCUT2D eigenvalue weighted by atomic mass is 16.5. The van der Waals surface area contributed by atoms with Gasteiger partial charge in [0.15, 0.2) is 0 Å². The first-order chi connectivity index (χ1) is 7.15. The van der Waals surface area contributed by atoms with Crippen LogP contribution in [0.4, 0.5) is 5.69 Å². The van der Waals surface area contributed by atoms with Crippen LogP contribution in [-0.2, 0) is 4.74 Å². The Kier molecular flexibility index (Phi) is 4.12. The molecule has 0 spiro atoms. The molecule has 0 heterocycles. The Hall–Kier alpha value is -1.55. The molecule has 0 atom stereocenters. The van der Waals surface area contributed by atoms with Crippen molar-refractivity contribution in [2.45, 2.75) is 6.92 Å². The van der Waals surface area contributed by atoms with Crippen molar-refractivity contribution in [3.63, 3.8) is 0 Å². The minimum absolute atomic E-state index is 0.0930. The van der Waals surface area contributed by atoms with Crippen molar-refractivity contribution in [3.05, 3.63) is 29.3 Å². The summed E-state index contributed by atoms with van der Waals surface area (Å²) in [6.07, 6.45) is 0. The fraction of sp³-hybridized carbons (Fsp3) is 0.364. The van der Waals surface area contributed by atoms with E-state index in [1.165, 1.54) is 0 Å². The van der Waals surface area contributed by atoms with Crippen molar-refractivity contribution in [1.82, 2.24) is 5.32 Å². The standard InChI is InChI=1S/C11H16N2O2/c1-8-7-9(12)3-4-10(8)11(14)13-5-6-15-2/h3-4,7H,5-6,12H2,1-2H3,(H,13,14). The molecule has 1 aromatic carbocycles. The lowest BCUT2D eigenvalue weighted by Crippen LogP contribution is -2.27. The molecule has 0 aliphatic rings. The van der Waals surface area contributed by atoms with Gasteiger partial charge in [-0.25, -0.2) is 0 Å². The fourth-order valence-corrected chi connectivity index (χ4v) is 1.30. The van der Waals surface area contributed by atoms with E-state index < -0.39 is 0 Å². The lowest BCUT2D eigenvalue weighted by atomic mass is 10.1. The minimum atomic E-state index is -0.0930. The lowest BCUT2D eigenvalue weighted by molar-refractivity contribution is 0.0936. The smallest absolute Gasteiger partial charge is 0.251 e. The lowest BCUT2D eigenvalue weighted by Gasteiger charge is -2.07. The van der Waals surface area contributed by atoms with Crippen molar-refractivity contribution < 1.29 is 9.53 Å². The summed E-state index contributed by atoms with van der Waals surface area (Å²) in [6.45, 7) is 2.89. The van der Waals surface area contributed by atoms with Crippen molar-refractivity contribution in [2.75, 3.05) is 26.0 Å². The molecular formula is C11H16N2O2. The molecule has 1 amide bonds. The molecule has 82 valence electrons. The molecule has 4 nitrogen and oxygen atoms in total. The molecule has 3 N–H and O–H groups in total. The Morgan fingerprint density at radius 1 is 1.53 bits per heavy atom. The molecule has 4 heteroatoms. The SMILES string of the molecule is COCCNC(=O)c1ccc(N)cc1C. The topological polar surface area (TPSA) is 64.3 Å². The number of hydrogen-bond acceptors (Lipinski definition) is 3. The molecule has 0 saturated heterocycles. The maximum absolute atomic E-state index is 11.6. The molecule has 0 aromatic heterocycles. The van der Waals surface area contributed by atoms with Crippen LogP contribution >= 0.6 is 0 Å². The van der Waals surface area contributed by atoms with Gasteiger partial charge in [0, 0.05) is 24.9 Å². The molecule has 15 heavy (non-hydrogen) atoms. The second kappa shape index (κ2) is 5.36. The van der Waals surface area contributed by atoms with Crippen LogP contribution in [0.2, 0.25) is 0 Å². The molecular weight excluding hydrogens is 192 g/mol. The largest absolute Gasteiger partial charge is 0.399 e. The van der Waals surface area contributed by atoms with Crippen LogP contribution in [0.15, 0.2) is 18.2 Å². The summed E-state index contributed by atoms with van der Waals surface area (Å²) in [6, 6.07) is 5.23. The van der Waals surface area contributed by atoms with Gasteiger partial charge in [0.2, 0.25) is 0 Å². The predicted molar refractivity (Wildman–Crippen MR) is 59.8 cm³/mol. The van der Waals surface area contributed by atoms with Gasteiger partial charge in [-0.2, -0.15) is 0 Å². The zero-order valence-corrected chi connectivity index (χ0v) is 9.04. The summed E-state index contributed by atoms with van der Waals surface area (Å²) in [5, 5.41) is 2.76. The quantitative estimate of drug-likeness (QED) is 0.572. The third kappa shape index (κ3) is 3.25. The molecule has 0 aliphatic carbocycles. The van der Waals surface area contributed by atoms with Gasteiger partial charge in [0.1, 0.15) is 0 Å². The Balaban J connectivity index is 2.65. The van der Waals surface area contributed by atoms with Crippen LogP contribution in [0.3, 0.4) is 0 Å². The maximum Gasteiger partial charge on any atom is 0.251 e. The number of nitrogen functional groups attached to an aromatic ring is 1. The Bertz CT molecular complexity index is 350. The van der Waals surface area contributed by atoms with Gasteiger partial charge in [-0.3, -0.25) is 4.79 Å². The van der Waals surface area contributed by atoms with Gasteiger partial charge in [-0.05, 0) is 30.7 Å². The highest BCUT2D eigenvalue weighted by Crippen LogP contribution is 2.11. The van der Waals surface area contributed by atoms with Crippen molar-refractivity contribution in [1.29, 1.82) is 0 Å². The number of hydrogen-bond donors (Lipinski definition) is 2. The van der Waals surface area contributed by atoms with E-state index in [0.717, 1.165) is 5.56 Å². The van der Waals surface area contributed by atoms with Gasteiger partial charge in [0.05, 0.1) is 6.61 Å². The zero-order valence-electron chi connectivity index (χ0n) is 9.04. The molecule has 0 unspecified atom stereocenters. The third-order valence-electron chi connectivity index (χ3n) is 2.09. The van der Waals surface area contributed by atoms with Crippen molar-refractivity contribution in [2.24, 2.45) is 0 Å². The van der Waals surface area contributed by atoms with Crippen molar-refractivity contribution in [3.8, 4) is 0 Å². The Morgan fingerprint density at radius 3 is 2.87 bits per heavy atom. The van der Waals surface area contributed by atoms with Crippen LogP contribution in [0.5, 0.6) is 0 Å². The summed E-state index contributed by atoms with van der Waals surface area (Å²) in [5.41, 5.74) is 7.80. The van der Waals surface area contributed by atoms with E-state index >= 15 is 0 Å². The van der Waals surface area contributed by atoms with Crippen LogP contribution in [-0.4, -0.2) is 26.2 Å². The van der Waals surface area contributed by atoms with E-state index in [1.807, 2.05) is 6.92 Å². The van der Waals surface area contributed by atoms with E-state index in [4.69, 9.17) is 10.5 Å². The number of amides is 1. The molecule has 0 aliphatic heterocycles. The summed E-state index contributed by atoms with van der Waals surface area (Å²) in [7, 11) is 1.60. The highest BCUT2D eigenvalue weighted by molar-refractivity contribution is 5.95. The van der Waals surface area contributed by atoms with E-state index in [-0.39, 0.29) is 5.91 Å². The van der Waals surface area contributed by atoms with Crippen LogP contribution < -0.4 is 11.1 Å². The number of aryl methyl sites for hydroxylation is 1. The summed E-state index contributed by atoms with van der Waals surface area (Å²) < 4.78 is 4.84. The average molecular weight is 208 g/mol. The van der Waals surface area contributed by atoms with Gasteiger partial charge in [-0.15, -0.1) is 0 Å². The van der Waals surface area contributed by atoms with Gasteiger partial charge in [0.25, 0.3) is 5.91 Å². The molecule has 0 bridgehead atoms.